The lowest BCUT2D eigenvalue weighted by molar-refractivity contribution is 0.276. The lowest BCUT2D eigenvalue weighted by Gasteiger charge is -2.06. The summed E-state index contributed by atoms with van der Waals surface area (Å²) >= 11 is 1.22. The molecule has 0 unspecified atom stereocenters. The molecule has 2 rings (SSSR count). The number of rotatable bonds is 6. The van der Waals surface area contributed by atoms with Gasteiger partial charge >= 0.3 is 0 Å². The zero-order valence-corrected chi connectivity index (χ0v) is 12.8. The van der Waals surface area contributed by atoms with Crippen molar-refractivity contribution in [3.05, 3.63) is 23.0 Å². The summed E-state index contributed by atoms with van der Waals surface area (Å²) in [5, 5.41) is 15.1. The quantitative estimate of drug-likeness (QED) is 0.833. The molecule has 0 aliphatic heterocycles. The monoisotopic (exact) mass is 316 g/mol. The van der Waals surface area contributed by atoms with Crippen LogP contribution in [0, 0.1) is 13.8 Å². The van der Waals surface area contributed by atoms with E-state index >= 15 is 0 Å². The highest BCUT2D eigenvalue weighted by Gasteiger charge is 2.25. The van der Waals surface area contributed by atoms with Crippen LogP contribution in [0.5, 0.6) is 0 Å². The predicted molar refractivity (Wildman–Crippen MR) is 76.3 cm³/mol. The summed E-state index contributed by atoms with van der Waals surface area (Å²) in [6.45, 7) is 3.88. The van der Waals surface area contributed by atoms with E-state index in [9.17, 15) is 8.42 Å². The van der Waals surface area contributed by atoms with Crippen LogP contribution in [-0.2, 0) is 16.6 Å². The Morgan fingerprint density at radius 1 is 1.45 bits per heavy atom. The molecular formula is C11H16N4O3S2. The number of hydrogen-bond donors (Lipinski definition) is 2. The van der Waals surface area contributed by atoms with Crippen LogP contribution in [0.3, 0.4) is 0 Å². The molecule has 0 bridgehead atoms. The van der Waals surface area contributed by atoms with Crippen molar-refractivity contribution >= 4 is 26.5 Å². The average Bonchev–Trinajstić information content (AvgIpc) is 2.94. The summed E-state index contributed by atoms with van der Waals surface area (Å²) in [6, 6.07) is 0. The lowest BCUT2D eigenvalue weighted by Crippen LogP contribution is -2.15. The van der Waals surface area contributed by atoms with Crippen LogP contribution in [0.4, 0.5) is 5.13 Å². The fourth-order valence-electron chi connectivity index (χ4n) is 1.95. The Kier molecular flexibility index (Phi) is 4.41. The zero-order valence-electron chi connectivity index (χ0n) is 11.2. The maximum absolute atomic E-state index is 12.4. The number of aryl methyl sites for hydroxylation is 2. The Bertz CT molecular complexity index is 677. The molecule has 0 amide bonds. The number of aliphatic hydroxyl groups excluding tert-OH is 1. The minimum absolute atomic E-state index is 0.0395. The smallest absolute Gasteiger partial charge is 0.267 e. The maximum atomic E-state index is 12.4. The molecular weight excluding hydrogens is 300 g/mol. The van der Waals surface area contributed by atoms with Gasteiger partial charge in [0.05, 0.1) is 11.4 Å². The van der Waals surface area contributed by atoms with E-state index in [-0.39, 0.29) is 11.5 Å². The minimum Gasteiger partial charge on any atom is -0.396 e. The summed E-state index contributed by atoms with van der Waals surface area (Å²) in [5.74, 6) is 0. The molecule has 0 fully saturated rings. The molecule has 0 spiro atoms. The van der Waals surface area contributed by atoms with Crippen molar-refractivity contribution in [3.63, 3.8) is 0 Å². The Balaban J connectivity index is 2.34. The van der Waals surface area contributed by atoms with Crippen molar-refractivity contribution in [2.24, 2.45) is 0 Å². The van der Waals surface area contributed by atoms with Gasteiger partial charge in [0.1, 0.15) is 4.90 Å². The SMILES string of the molecule is Cc1nn(CCCO)c(C)c1S(=O)(=O)Nc1nccs1. The fourth-order valence-corrected chi connectivity index (χ4v) is 4.15. The second-order valence-corrected chi connectivity index (χ2v) is 6.76. The third-order valence-electron chi connectivity index (χ3n) is 2.77. The first kappa shape index (κ1) is 14.9. The standard InChI is InChI=1S/C11H16N4O3S2/c1-8-10(9(2)15(13-8)5-3-6-16)20(17,18)14-11-12-4-7-19-11/h4,7,16H,3,5-6H2,1-2H3,(H,12,14). The number of aliphatic hydroxyl groups is 1. The highest BCUT2D eigenvalue weighted by molar-refractivity contribution is 7.93. The molecule has 20 heavy (non-hydrogen) atoms. The summed E-state index contributed by atoms with van der Waals surface area (Å²) in [5.41, 5.74) is 0.990. The third-order valence-corrected chi connectivity index (χ3v) is 5.17. The van der Waals surface area contributed by atoms with Gasteiger partial charge in [-0.1, -0.05) is 0 Å². The van der Waals surface area contributed by atoms with E-state index in [2.05, 4.69) is 14.8 Å². The average molecular weight is 316 g/mol. The van der Waals surface area contributed by atoms with E-state index in [1.54, 1.807) is 23.9 Å². The van der Waals surface area contributed by atoms with Crippen LogP contribution in [0.2, 0.25) is 0 Å². The molecule has 110 valence electrons. The predicted octanol–water partition coefficient (Wildman–Crippen LogP) is 1.14. The largest absolute Gasteiger partial charge is 0.396 e. The molecule has 2 N–H and O–H groups in total. The molecule has 2 aromatic heterocycles. The molecule has 0 atom stereocenters. The number of thiazole rings is 1. The Morgan fingerprint density at radius 2 is 2.20 bits per heavy atom. The van der Waals surface area contributed by atoms with Gasteiger partial charge in [-0.3, -0.25) is 9.40 Å². The van der Waals surface area contributed by atoms with Crippen LogP contribution in [0.1, 0.15) is 17.8 Å². The van der Waals surface area contributed by atoms with Crippen LogP contribution >= 0.6 is 11.3 Å². The molecule has 2 aromatic rings. The van der Waals surface area contributed by atoms with Gasteiger partial charge in [-0.25, -0.2) is 13.4 Å². The van der Waals surface area contributed by atoms with E-state index in [0.717, 1.165) is 0 Å². The van der Waals surface area contributed by atoms with E-state index in [1.807, 2.05) is 0 Å². The molecule has 9 heteroatoms. The molecule has 7 nitrogen and oxygen atoms in total. The van der Waals surface area contributed by atoms with Crippen molar-refractivity contribution in [3.8, 4) is 0 Å². The van der Waals surface area contributed by atoms with Gasteiger partial charge in [-0.05, 0) is 20.3 Å². The van der Waals surface area contributed by atoms with Gasteiger partial charge in [-0.15, -0.1) is 11.3 Å². The normalized spacial score (nSPS) is 11.8. The second kappa shape index (κ2) is 5.90. The molecule has 2 heterocycles. The summed E-state index contributed by atoms with van der Waals surface area (Å²) in [6.07, 6.45) is 2.06. The first-order valence-electron chi connectivity index (χ1n) is 6.03. The lowest BCUT2D eigenvalue weighted by atomic mass is 10.4. The summed E-state index contributed by atoms with van der Waals surface area (Å²) < 4.78 is 28.8. The number of anilines is 1. The highest BCUT2D eigenvalue weighted by atomic mass is 32.2. The summed E-state index contributed by atoms with van der Waals surface area (Å²) in [7, 11) is -3.70. The third kappa shape index (κ3) is 3.00. The Labute approximate surface area is 121 Å². The van der Waals surface area contributed by atoms with Crippen molar-refractivity contribution in [2.75, 3.05) is 11.3 Å². The van der Waals surface area contributed by atoms with Crippen molar-refractivity contribution in [2.45, 2.75) is 31.7 Å². The van der Waals surface area contributed by atoms with Gasteiger partial charge in [0.15, 0.2) is 5.13 Å². The molecule has 0 aliphatic rings. The molecule has 0 aliphatic carbocycles. The van der Waals surface area contributed by atoms with Crippen LogP contribution in [0.15, 0.2) is 16.5 Å². The van der Waals surface area contributed by atoms with Crippen molar-refractivity contribution in [1.29, 1.82) is 0 Å². The van der Waals surface area contributed by atoms with E-state index < -0.39 is 10.0 Å². The molecule has 0 radical (unpaired) electrons. The van der Waals surface area contributed by atoms with Crippen molar-refractivity contribution in [1.82, 2.24) is 14.8 Å². The fraction of sp³-hybridized carbons (Fsp3) is 0.455. The first-order valence-corrected chi connectivity index (χ1v) is 8.39. The van der Waals surface area contributed by atoms with Gasteiger partial charge in [0.2, 0.25) is 0 Å². The molecule has 0 saturated heterocycles. The van der Waals surface area contributed by atoms with Crippen molar-refractivity contribution < 1.29 is 13.5 Å². The topological polar surface area (TPSA) is 97.1 Å². The van der Waals surface area contributed by atoms with Gasteiger partial charge in [0, 0.05) is 24.7 Å². The number of aromatic nitrogens is 3. The minimum atomic E-state index is -3.70. The molecule has 0 saturated carbocycles. The number of hydrogen-bond acceptors (Lipinski definition) is 6. The van der Waals surface area contributed by atoms with Gasteiger partial charge in [0.25, 0.3) is 10.0 Å². The zero-order chi connectivity index (χ0) is 14.8. The van der Waals surface area contributed by atoms with Crippen LogP contribution in [0.25, 0.3) is 0 Å². The second-order valence-electron chi connectivity index (χ2n) is 4.24. The van der Waals surface area contributed by atoms with E-state index in [0.29, 0.717) is 29.5 Å². The number of sulfonamides is 1. The van der Waals surface area contributed by atoms with E-state index in [1.165, 1.54) is 17.5 Å². The Morgan fingerprint density at radius 3 is 2.80 bits per heavy atom. The van der Waals surface area contributed by atoms with E-state index in [4.69, 9.17) is 5.11 Å². The number of nitrogens with zero attached hydrogens (tertiary/aromatic N) is 3. The number of nitrogens with one attached hydrogen (secondary N) is 1. The van der Waals surface area contributed by atoms with Gasteiger partial charge < -0.3 is 5.11 Å². The van der Waals surface area contributed by atoms with Crippen LogP contribution < -0.4 is 4.72 Å². The maximum Gasteiger partial charge on any atom is 0.267 e. The highest BCUT2D eigenvalue weighted by Crippen LogP contribution is 2.23. The van der Waals surface area contributed by atoms with Crippen LogP contribution in [-0.4, -0.2) is 34.9 Å². The van der Waals surface area contributed by atoms with Gasteiger partial charge in [-0.2, -0.15) is 5.10 Å². The molecule has 0 aromatic carbocycles. The Hall–Kier alpha value is -1.45. The summed E-state index contributed by atoms with van der Waals surface area (Å²) in [4.78, 5) is 4.08. The first-order chi connectivity index (χ1) is 9.45.